The molecule has 2 rings (SSSR count). The fourth-order valence-corrected chi connectivity index (χ4v) is 2.71. The van der Waals surface area contributed by atoms with Gasteiger partial charge in [0.25, 0.3) is 0 Å². The van der Waals surface area contributed by atoms with Crippen LogP contribution in [-0.4, -0.2) is 32.8 Å². The lowest BCUT2D eigenvalue weighted by Gasteiger charge is -2.29. The van der Waals surface area contributed by atoms with E-state index in [1.165, 1.54) is 0 Å². The molecule has 1 aliphatic heterocycles. The van der Waals surface area contributed by atoms with E-state index in [1.807, 2.05) is 18.2 Å². The first-order chi connectivity index (χ1) is 9.11. The molecule has 0 aromatic heterocycles. The highest BCUT2D eigenvalue weighted by Crippen LogP contribution is 2.31. The molecular weight excluding hydrogens is 260 g/mol. The maximum Gasteiger partial charge on any atom is 0.121 e. The first-order valence-electron chi connectivity index (χ1n) is 6.93. The molecule has 1 fully saturated rings. The maximum atomic E-state index is 6.35. The molecule has 0 amide bonds. The van der Waals surface area contributed by atoms with Crippen LogP contribution in [0.1, 0.15) is 20.3 Å². The van der Waals surface area contributed by atoms with Gasteiger partial charge in [-0.25, -0.2) is 0 Å². The van der Waals surface area contributed by atoms with E-state index >= 15 is 0 Å². The van der Waals surface area contributed by atoms with Gasteiger partial charge in [0.15, 0.2) is 0 Å². The van der Waals surface area contributed by atoms with E-state index in [1.54, 1.807) is 7.11 Å². The Hall–Kier alpha value is -0.930. The van der Waals surface area contributed by atoms with E-state index in [-0.39, 0.29) is 0 Å². The molecule has 1 heterocycles. The number of methoxy groups -OCH3 is 1. The number of anilines is 1. The summed E-state index contributed by atoms with van der Waals surface area (Å²) in [5.41, 5.74) is 1.08. The van der Waals surface area contributed by atoms with Crippen LogP contribution in [0.15, 0.2) is 18.2 Å². The average Bonchev–Trinajstić information content (AvgIpc) is 2.65. The van der Waals surface area contributed by atoms with E-state index < -0.39 is 0 Å². The minimum Gasteiger partial charge on any atom is -0.497 e. The lowest BCUT2D eigenvalue weighted by molar-refractivity contribution is 0.413. The Kier molecular flexibility index (Phi) is 4.94. The van der Waals surface area contributed by atoms with E-state index in [0.29, 0.717) is 12.0 Å². The van der Waals surface area contributed by atoms with Crippen LogP contribution in [0.5, 0.6) is 5.75 Å². The number of halogens is 1. The van der Waals surface area contributed by atoms with Crippen LogP contribution >= 0.6 is 11.6 Å². The number of hydrogen-bond donors (Lipinski definition) is 1. The van der Waals surface area contributed by atoms with Gasteiger partial charge in [-0.2, -0.15) is 0 Å². The fraction of sp³-hybridized carbons (Fsp3) is 0.600. The second-order valence-corrected chi connectivity index (χ2v) is 5.83. The standard InChI is InChI=1S/C15H23ClN2O/c1-11(2)14-10-18(8-4-7-17-14)15-9-12(19-3)5-6-13(15)16/h5-6,9,11,14,17H,4,7-8,10H2,1-3H3. The summed E-state index contributed by atoms with van der Waals surface area (Å²) in [4.78, 5) is 2.37. The van der Waals surface area contributed by atoms with Gasteiger partial charge in [-0.1, -0.05) is 25.4 Å². The first-order valence-corrected chi connectivity index (χ1v) is 7.31. The molecule has 0 saturated carbocycles. The highest BCUT2D eigenvalue weighted by atomic mass is 35.5. The van der Waals surface area contributed by atoms with Gasteiger partial charge in [0, 0.05) is 25.2 Å². The van der Waals surface area contributed by atoms with Crippen LogP contribution in [0.4, 0.5) is 5.69 Å². The Morgan fingerprint density at radius 1 is 1.42 bits per heavy atom. The third kappa shape index (κ3) is 3.54. The third-order valence-electron chi connectivity index (χ3n) is 3.73. The topological polar surface area (TPSA) is 24.5 Å². The van der Waals surface area contributed by atoms with Gasteiger partial charge in [-0.05, 0) is 31.0 Å². The highest BCUT2D eigenvalue weighted by Gasteiger charge is 2.22. The molecule has 3 nitrogen and oxygen atoms in total. The molecule has 1 aromatic carbocycles. The van der Waals surface area contributed by atoms with Gasteiger partial charge in [0.2, 0.25) is 0 Å². The lowest BCUT2D eigenvalue weighted by atomic mass is 10.0. The minimum absolute atomic E-state index is 0.504. The molecular formula is C15H23ClN2O. The van der Waals surface area contributed by atoms with Crippen molar-refractivity contribution in [3.8, 4) is 5.75 Å². The van der Waals surface area contributed by atoms with Crippen molar-refractivity contribution in [2.24, 2.45) is 5.92 Å². The average molecular weight is 283 g/mol. The number of hydrogen-bond acceptors (Lipinski definition) is 3. The summed E-state index contributed by atoms with van der Waals surface area (Å²) in [5, 5.41) is 4.41. The van der Waals surface area contributed by atoms with Gasteiger partial charge < -0.3 is 15.0 Å². The Morgan fingerprint density at radius 2 is 2.21 bits per heavy atom. The zero-order valence-electron chi connectivity index (χ0n) is 11.9. The number of benzene rings is 1. The Labute approximate surface area is 120 Å². The molecule has 19 heavy (non-hydrogen) atoms. The molecule has 106 valence electrons. The molecule has 1 unspecified atom stereocenters. The van der Waals surface area contributed by atoms with Crippen LogP contribution in [0.2, 0.25) is 5.02 Å². The van der Waals surface area contributed by atoms with E-state index in [0.717, 1.165) is 42.5 Å². The third-order valence-corrected chi connectivity index (χ3v) is 4.05. The van der Waals surface area contributed by atoms with Gasteiger partial charge >= 0.3 is 0 Å². The second-order valence-electron chi connectivity index (χ2n) is 5.42. The summed E-state index contributed by atoms with van der Waals surface area (Å²) >= 11 is 6.35. The van der Waals surface area contributed by atoms with Gasteiger partial charge in [-0.15, -0.1) is 0 Å². The quantitative estimate of drug-likeness (QED) is 0.922. The summed E-state index contributed by atoms with van der Waals surface area (Å²) in [6.45, 7) is 7.61. The molecule has 4 heteroatoms. The lowest BCUT2D eigenvalue weighted by Crippen LogP contribution is -2.41. The summed E-state index contributed by atoms with van der Waals surface area (Å²) in [6.07, 6.45) is 1.14. The predicted octanol–water partition coefficient (Wildman–Crippen LogP) is 3.17. The van der Waals surface area contributed by atoms with Crippen LogP contribution in [0.3, 0.4) is 0 Å². The molecule has 1 saturated heterocycles. The van der Waals surface area contributed by atoms with E-state index in [2.05, 4.69) is 24.1 Å². The van der Waals surface area contributed by atoms with Gasteiger partial charge in [0.1, 0.15) is 5.75 Å². The molecule has 0 radical (unpaired) electrons. The molecule has 1 N–H and O–H groups in total. The van der Waals surface area contributed by atoms with Crippen molar-refractivity contribution < 1.29 is 4.74 Å². The predicted molar refractivity (Wildman–Crippen MR) is 81.5 cm³/mol. The largest absolute Gasteiger partial charge is 0.497 e. The molecule has 0 aliphatic carbocycles. The summed E-state index contributed by atoms with van der Waals surface area (Å²) in [6, 6.07) is 6.36. The number of nitrogens with zero attached hydrogens (tertiary/aromatic N) is 1. The Morgan fingerprint density at radius 3 is 2.89 bits per heavy atom. The number of rotatable bonds is 3. The SMILES string of the molecule is COc1ccc(Cl)c(N2CCCNC(C(C)C)C2)c1. The molecule has 0 spiro atoms. The zero-order valence-corrected chi connectivity index (χ0v) is 12.7. The Balaban J connectivity index is 2.23. The van der Waals surface area contributed by atoms with Gasteiger partial charge in [-0.3, -0.25) is 0 Å². The summed E-state index contributed by atoms with van der Waals surface area (Å²) < 4.78 is 5.31. The van der Waals surface area contributed by atoms with Gasteiger partial charge in [0.05, 0.1) is 17.8 Å². The number of ether oxygens (including phenoxy) is 1. The highest BCUT2D eigenvalue weighted by molar-refractivity contribution is 6.33. The summed E-state index contributed by atoms with van der Waals surface area (Å²) in [7, 11) is 1.69. The summed E-state index contributed by atoms with van der Waals surface area (Å²) in [5.74, 6) is 1.47. The monoisotopic (exact) mass is 282 g/mol. The first kappa shape index (κ1) is 14.5. The van der Waals surface area contributed by atoms with Crippen molar-refractivity contribution in [3.05, 3.63) is 23.2 Å². The maximum absolute atomic E-state index is 6.35. The molecule has 1 aliphatic rings. The van der Waals surface area contributed by atoms with Crippen LogP contribution in [0, 0.1) is 5.92 Å². The van der Waals surface area contributed by atoms with E-state index in [4.69, 9.17) is 16.3 Å². The van der Waals surface area contributed by atoms with Crippen molar-refractivity contribution in [2.45, 2.75) is 26.3 Å². The smallest absolute Gasteiger partial charge is 0.121 e. The van der Waals surface area contributed by atoms with Crippen LogP contribution in [-0.2, 0) is 0 Å². The molecule has 1 aromatic rings. The number of nitrogens with one attached hydrogen (secondary N) is 1. The molecule has 1 atom stereocenters. The van der Waals surface area contributed by atoms with Crippen molar-refractivity contribution in [1.82, 2.24) is 5.32 Å². The fourth-order valence-electron chi connectivity index (χ4n) is 2.48. The Bertz CT molecular complexity index is 423. The zero-order chi connectivity index (χ0) is 13.8. The second kappa shape index (κ2) is 6.49. The van der Waals surface area contributed by atoms with Crippen molar-refractivity contribution in [3.63, 3.8) is 0 Å². The van der Waals surface area contributed by atoms with Crippen LogP contribution < -0.4 is 15.0 Å². The minimum atomic E-state index is 0.504. The van der Waals surface area contributed by atoms with Crippen molar-refractivity contribution in [2.75, 3.05) is 31.6 Å². The molecule has 0 bridgehead atoms. The van der Waals surface area contributed by atoms with Crippen molar-refractivity contribution >= 4 is 17.3 Å². The normalized spacial score (nSPS) is 20.5. The van der Waals surface area contributed by atoms with E-state index in [9.17, 15) is 0 Å². The van der Waals surface area contributed by atoms with Crippen molar-refractivity contribution in [1.29, 1.82) is 0 Å². The van der Waals surface area contributed by atoms with Crippen LogP contribution in [0.25, 0.3) is 0 Å².